The number of benzene rings is 2. The molecule has 0 aliphatic carbocycles. The van der Waals surface area contributed by atoms with E-state index in [1.165, 1.54) is 5.56 Å². The summed E-state index contributed by atoms with van der Waals surface area (Å²) in [6, 6.07) is 17.7. The molecule has 1 aromatic heterocycles. The van der Waals surface area contributed by atoms with Gasteiger partial charge in [-0.3, -0.25) is 0 Å². The van der Waals surface area contributed by atoms with Crippen LogP contribution in [0.5, 0.6) is 5.75 Å². The Morgan fingerprint density at radius 3 is 2.43 bits per heavy atom. The molecular weight excluding hydrogens is 264 g/mol. The summed E-state index contributed by atoms with van der Waals surface area (Å²) in [5, 5.41) is 8.03. The predicted octanol–water partition coefficient (Wildman–Crippen LogP) is 3.88. The van der Waals surface area contributed by atoms with Crippen LogP contribution in [0.15, 0.2) is 59.0 Å². The fraction of sp³-hybridized carbons (Fsp3) is 0.176. The van der Waals surface area contributed by atoms with Gasteiger partial charge in [-0.05, 0) is 36.2 Å². The van der Waals surface area contributed by atoms with E-state index in [-0.39, 0.29) is 6.61 Å². The van der Waals surface area contributed by atoms with Gasteiger partial charge >= 0.3 is 0 Å². The van der Waals surface area contributed by atoms with Crippen molar-refractivity contribution in [2.24, 2.45) is 0 Å². The van der Waals surface area contributed by atoms with Gasteiger partial charge in [-0.15, -0.1) is 10.2 Å². The third-order valence-electron chi connectivity index (χ3n) is 3.18. The van der Waals surface area contributed by atoms with Crippen LogP contribution in [0.25, 0.3) is 11.5 Å². The lowest BCUT2D eigenvalue weighted by Crippen LogP contribution is -1.95. The molecule has 3 rings (SSSR count). The van der Waals surface area contributed by atoms with E-state index in [1.54, 1.807) is 0 Å². The smallest absolute Gasteiger partial charge is 0.254 e. The van der Waals surface area contributed by atoms with Crippen molar-refractivity contribution in [2.45, 2.75) is 20.0 Å². The summed E-state index contributed by atoms with van der Waals surface area (Å²) in [6.45, 7) is 2.39. The second kappa shape index (κ2) is 6.22. The number of nitrogens with zero attached hydrogens (tertiary/aromatic N) is 2. The minimum absolute atomic E-state index is 0.269. The summed E-state index contributed by atoms with van der Waals surface area (Å²) in [4.78, 5) is 0. The van der Waals surface area contributed by atoms with Gasteiger partial charge in [0.05, 0.1) is 0 Å². The molecule has 2 aromatic carbocycles. The minimum Gasteiger partial charge on any atom is -0.484 e. The van der Waals surface area contributed by atoms with Crippen molar-refractivity contribution in [3.05, 3.63) is 66.1 Å². The van der Waals surface area contributed by atoms with E-state index in [0.717, 1.165) is 17.7 Å². The first kappa shape index (κ1) is 13.4. The Morgan fingerprint density at radius 2 is 1.71 bits per heavy atom. The summed E-state index contributed by atoms with van der Waals surface area (Å²) in [5.41, 5.74) is 2.19. The lowest BCUT2D eigenvalue weighted by atomic mass is 10.2. The van der Waals surface area contributed by atoms with Crippen molar-refractivity contribution < 1.29 is 9.15 Å². The molecule has 0 aliphatic rings. The van der Waals surface area contributed by atoms with Crippen molar-refractivity contribution in [1.82, 2.24) is 10.2 Å². The van der Waals surface area contributed by atoms with E-state index in [1.807, 2.05) is 42.5 Å². The average molecular weight is 280 g/mol. The molecule has 3 aromatic rings. The van der Waals surface area contributed by atoms with Gasteiger partial charge in [0.2, 0.25) is 5.89 Å². The molecule has 0 amide bonds. The average Bonchev–Trinajstić information content (AvgIpc) is 3.03. The van der Waals surface area contributed by atoms with Crippen LogP contribution < -0.4 is 4.74 Å². The highest BCUT2D eigenvalue weighted by molar-refractivity contribution is 5.51. The highest BCUT2D eigenvalue weighted by Crippen LogP contribution is 2.18. The first-order valence-electron chi connectivity index (χ1n) is 6.94. The number of hydrogen-bond acceptors (Lipinski definition) is 4. The number of hydrogen-bond donors (Lipinski definition) is 0. The molecule has 0 fully saturated rings. The van der Waals surface area contributed by atoms with Crippen molar-refractivity contribution >= 4 is 0 Å². The Balaban J connectivity index is 1.64. The SMILES string of the molecule is CCc1ccc(OCc2nnc(-c3ccccc3)o2)cc1. The van der Waals surface area contributed by atoms with E-state index < -0.39 is 0 Å². The van der Waals surface area contributed by atoms with Crippen LogP contribution in [0.1, 0.15) is 18.4 Å². The molecule has 0 radical (unpaired) electrons. The van der Waals surface area contributed by atoms with Crippen molar-refractivity contribution in [1.29, 1.82) is 0 Å². The van der Waals surface area contributed by atoms with E-state index in [4.69, 9.17) is 9.15 Å². The first-order chi connectivity index (χ1) is 10.3. The molecule has 0 saturated heterocycles. The van der Waals surface area contributed by atoms with Gasteiger partial charge < -0.3 is 9.15 Å². The van der Waals surface area contributed by atoms with Gasteiger partial charge in [0.1, 0.15) is 5.75 Å². The summed E-state index contributed by atoms with van der Waals surface area (Å²) >= 11 is 0. The normalized spacial score (nSPS) is 10.5. The maximum atomic E-state index is 5.64. The Hall–Kier alpha value is -2.62. The molecule has 0 saturated carbocycles. The molecule has 0 bridgehead atoms. The largest absolute Gasteiger partial charge is 0.484 e. The van der Waals surface area contributed by atoms with Crippen molar-refractivity contribution in [3.63, 3.8) is 0 Å². The monoisotopic (exact) mass is 280 g/mol. The molecule has 21 heavy (non-hydrogen) atoms. The lowest BCUT2D eigenvalue weighted by molar-refractivity contribution is 0.264. The maximum Gasteiger partial charge on any atom is 0.254 e. The Kier molecular flexibility index (Phi) is 3.96. The molecule has 0 atom stereocenters. The maximum absolute atomic E-state index is 5.64. The number of aromatic nitrogens is 2. The highest BCUT2D eigenvalue weighted by Gasteiger charge is 2.08. The second-order valence-electron chi connectivity index (χ2n) is 4.65. The molecule has 4 heteroatoms. The van der Waals surface area contributed by atoms with E-state index in [9.17, 15) is 0 Å². The summed E-state index contributed by atoms with van der Waals surface area (Å²) < 4.78 is 11.2. The Bertz CT molecular complexity index is 690. The zero-order valence-electron chi connectivity index (χ0n) is 11.8. The Labute approximate surface area is 123 Å². The molecular formula is C17H16N2O2. The van der Waals surface area contributed by atoms with E-state index in [2.05, 4.69) is 29.3 Å². The zero-order chi connectivity index (χ0) is 14.5. The molecule has 0 unspecified atom stereocenters. The second-order valence-corrected chi connectivity index (χ2v) is 4.65. The molecule has 106 valence electrons. The van der Waals surface area contributed by atoms with Gasteiger partial charge in [-0.25, -0.2) is 0 Å². The van der Waals surface area contributed by atoms with Crippen LogP contribution in [-0.4, -0.2) is 10.2 Å². The topological polar surface area (TPSA) is 48.2 Å². The van der Waals surface area contributed by atoms with Gasteiger partial charge in [0.15, 0.2) is 6.61 Å². The first-order valence-corrected chi connectivity index (χ1v) is 6.94. The standard InChI is InChI=1S/C17H16N2O2/c1-2-13-8-10-15(11-9-13)20-12-16-18-19-17(21-16)14-6-4-3-5-7-14/h3-11H,2,12H2,1H3. The van der Waals surface area contributed by atoms with Gasteiger partial charge in [0, 0.05) is 5.56 Å². The molecule has 4 nitrogen and oxygen atoms in total. The third-order valence-corrected chi connectivity index (χ3v) is 3.18. The predicted molar refractivity (Wildman–Crippen MR) is 79.9 cm³/mol. The Morgan fingerprint density at radius 1 is 0.952 bits per heavy atom. The summed E-state index contributed by atoms with van der Waals surface area (Å²) in [5.74, 6) is 1.77. The number of rotatable bonds is 5. The van der Waals surface area contributed by atoms with Crippen molar-refractivity contribution in [2.75, 3.05) is 0 Å². The van der Waals surface area contributed by atoms with Crippen LogP contribution >= 0.6 is 0 Å². The van der Waals surface area contributed by atoms with Crippen molar-refractivity contribution in [3.8, 4) is 17.2 Å². The molecule has 1 heterocycles. The van der Waals surface area contributed by atoms with Crippen LogP contribution in [0.3, 0.4) is 0 Å². The fourth-order valence-electron chi connectivity index (χ4n) is 1.98. The van der Waals surface area contributed by atoms with Gasteiger partial charge in [-0.1, -0.05) is 37.3 Å². The number of aryl methyl sites for hydroxylation is 1. The summed E-state index contributed by atoms with van der Waals surface area (Å²) in [7, 11) is 0. The fourth-order valence-corrected chi connectivity index (χ4v) is 1.98. The summed E-state index contributed by atoms with van der Waals surface area (Å²) in [6.07, 6.45) is 1.02. The van der Waals surface area contributed by atoms with Gasteiger partial charge in [0.25, 0.3) is 5.89 Å². The van der Waals surface area contributed by atoms with Gasteiger partial charge in [-0.2, -0.15) is 0 Å². The lowest BCUT2D eigenvalue weighted by Gasteiger charge is -2.03. The molecule has 0 aliphatic heterocycles. The van der Waals surface area contributed by atoms with E-state index >= 15 is 0 Å². The molecule has 0 N–H and O–H groups in total. The quantitative estimate of drug-likeness (QED) is 0.711. The zero-order valence-corrected chi connectivity index (χ0v) is 11.8. The van der Waals surface area contributed by atoms with Crippen LogP contribution in [0.2, 0.25) is 0 Å². The number of ether oxygens (including phenoxy) is 1. The van der Waals surface area contributed by atoms with Crippen LogP contribution in [0, 0.1) is 0 Å². The third kappa shape index (κ3) is 3.28. The van der Waals surface area contributed by atoms with Crippen LogP contribution in [0.4, 0.5) is 0 Å². The highest BCUT2D eigenvalue weighted by atomic mass is 16.5. The minimum atomic E-state index is 0.269. The van der Waals surface area contributed by atoms with E-state index in [0.29, 0.717) is 11.8 Å². The molecule has 0 spiro atoms. The van der Waals surface area contributed by atoms with Crippen LogP contribution in [-0.2, 0) is 13.0 Å².